The highest BCUT2D eigenvalue weighted by atomic mass is 35.5. The number of likely N-dealkylation sites (tertiary alicyclic amines) is 1. The van der Waals surface area contributed by atoms with E-state index in [0.717, 1.165) is 24.3 Å². The summed E-state index contributed by atoms with van der Waals surface area (Å²) in [5.74, 6) is -0.809. The van der Waals surface area contributed by atoms with Gasteiger partial charge in [0.15, 0.2) is 5.13 Å². The number of halogens is 4. The number of aromatic nitrogens is 1. The Morgan fingerprint density at radius 3 is 2.82 bits per heavy atom. The lowest BCUT2D eigenvalue weighted by atomic mass is 10.1. The zero-order valence-electron chi connectivity index (χ0n) is 14.4. The van der Waals surface area contributed by atoms with Crippen LogP contribution in [0.4, 0.5) is 18.3 Å². The van der Waals surface area contributed by atoms with Crippen LogP contribution in [0.3, 0.4) is 0 Å². The van der Waals surface area contributed by atoms with E-state index in [9.17, 15) is 22.8 Å². The van der Waals surface area contributed by atoms with Crippen molar-refractivity contribution in [1.82, 2.24) is 9.88 Å². The second-order valence-electron chi connectivity index (χ2n) is 6.08. The number of nitrogens with zero attached hydrogens (tertiary/aromatic N) is 2. The maximum Gasteiger partial charge on any atom is 0.416 e. The molecule has 1 atom stereocenters. The number of rotatable bonds is 4. The van der Waals surface area contributed by atoms with E-state index in [2.05, 4.69) is 10.3 Å². The highest BCUT2D eigenvalue weighted by Gasteiger charge is 2.34. The van der Waals surface area contributed by atoms with Gasteiger partial charge in [0.1, 0.15) is 6.04 Å². The van der Waals surface area contributed by atoms with Gasteiger partial charge in [0.2, 0.25) is 11.8 Å². The summed E-state index contributed by atoms with van der Waals surface area (Å²) in [6, 6.07) is 2.23. The Balaban J connectivity index is 1.72. The molecule has 28 heavy (non-hydrogen) atoms. The fraction of sp³-hybridized carbons (Fsp3) is 0.278. The fourth-order valence-corrected chi connectivity index (χ4v) is 3.59. The molecule has 2 amide bonds. The number of hydrogen-bond acceptors (Lipinski definition) is 4. The van der Waals surface area contributed by atoms with Crippen molar-refractivity contribution in [2.45, 2.75) is 25.1 Å². The largest absolute Gasteiger partial charge is 0.416 e. The van der Waals surface area contributed by atoms with Gasteiger partial charge in [-0.2, -0.15) is 13.2 Å². The Hall–Kier alpha value is -2.39. The van der Waals surface area contributed by atoms with Gasteiger partial charge < -0.3 is 10.2 Å². The summed E-state index contributed by atoms with van der Waals surface area (Å²) < 4.78 is 38.5. The summed E-state index contributed by atoms with van der Waals surface area (Å²) in [6.07, 6.45) is 0.565. The smallest absolute Gasteiger partial charge is 0.327 e. The zero-order chi connectivity index (χ0) is 20.3. The minimum absolute atomic E-state index is 0.0767. The van der Waals surface area contributed by atoms with Crippen LogP contribution in [0.15, 0.2) is 35.9 Å². The van der Waals surface area contributed by atoms with Crippen molar-refractivity contribution in [3.63, 3.8) is 0 Å². The van der Waals surface area contributed by atoms with Crippen LogP contribution >= 0.6 is 22.9 Å². The number of carbonyl (C=O) groups excluding carboxylic acids is 2. The third kappa shape index (κ3) is 4.71. The molecule has 0 spiro atoms. The predicted octanol–water partition coefficient (Wildman–Crippen LogP) is 4.46. The van der Waals surface area contributed by atoms with E-state index in [-0.39, 0.29) is 16.5 Å². The molecule has 1 saturated heterocycles. The summed E-state index contributed by atoms with van der Waals surface area (Å²) in [5.41, 5.74) is -0.779. The molecule has 1 unspecified atom stereocenters. The highest BCUT2D eigenvalue weighted by molar-refractivity contribution is 7.13. The highest BCUT2D eigenvalue weighted by Crippen LogP contribution is 2.32. The maximum atomic E-state index is 12.8. The van der Waals surface area contributed by atoms with Crippen LogP contribution in [0.5, 0.6) is 0 Å². The SMILES string of the molecule is O=C(Nc1nccs1)C1CCCN1C(=O)/C=C/c1cc(C(F)(F)F)ccc1Cl. The van der Waals surface area contributed by atoms with E-state index < -0.39 is 23.7 Å². The molecular weight excluding hydrogens is 415 g/mol. The minimum Gasteiger partial charge on any atom is -0.327 e. The standard InChI is InChI=1S/C18H15ClF3N3O2S/c19-13-5-4-12(18(20,21)22)10-11(13)3-6-15(26)25-8-1-2-14(25)16(27)24-17-23-7-9-28-17/h3-7,9-10,14H,1-2,8H2,(H,23,24,27)/b6-3+. The molecule has 1 N–H and O–H groups in total. The van der Waals surface area contributed by atoms with Gasteiger partial charge in [-0.3, -0.25) is 9.59 Å². The lowest BCUT2D eigenvalue weighted by molar-refractivity contribution is -0.137. The Labute approximate surface area is 167 Å². The van der Waals surface area contributed by atoms with E-state index >= 15 is 0 Å². The first-order valence-electron chi connectivity index (χ1n) is 8.31. The first kappa shape index (κ1) is 20.3. The average molecular weight is 430 g/mol. The number of anilines is 1. The third-order valence-electron chi connectivity index (χ3n) is 4.23. The molecule has 10 heteroatoms. The van der Waals surface area contributed by atoms with Gasteiger partial charge in [-0.05, 0) is 42.7 Å². The second-order valence-corrected chi connectivity index (χ2v) is 7.39. The van der Waals surface area contributed by atoms with Crippen LogP contribution in [-0.2, 0) is 15.8 Å². The monoisotopic (exact) mass is 429 g/mol. The molecule has 0 bridgehead atoms. The quantitative estimate of drug-likeness (QED) is 0.730. The number of carbonyl (C=O) groups is 2. The van der Waals surface area contributed by atoms with E-state index in [1.54, 1.807) is 11.6 Å². The van der Waals surface area contributed by atoms with Crippen LogP contribution in [0.25, 0.3) is 6.08 Å². The van der Waals surface area contributed by atoms with Gasteiger partial charge in [-0.25, -0.2) is 4.98 Å². The maximum absolute atomic E-state index is 12.8. The molecular formula is C18H15ClF3N3O2S. The van der Waals surface area contributed by atoms with E-state index in [1.165, 1.54) is 22.3 Å². The molecule has 1 aromatic heterocycles. The van der Waals surface area contributed by atoms with Crippen molar-refractivity contribution in [3.05, 3.63) is 52.0 Å². The van der Waals surface area contributed by atoms with Gasteiger partial charge >= 0.3 is 6.18 Å². The Morgan fingerprint density at radius 2 is 2.14 bits per heavy atom. The number of alkyl halides is 3. The van der Waals surface area contributed by atoms with Crippen molar-refractivity contribution >= 4 is 46.0 Å². The van der Waals surface area contributed by atoms with Crippen molar-refractivity contribution in [2.75, 3.05) is 11.9 Å². The first-order valence-corrected chi connectivity index (χ1v) is 9.57. The minimum atomic E-state index is -4.51. The predicted molar refractivity (Wildman–Crippen MR) is 101 cm³/mol. The molecule has 0 aliphatic carbocycles. The van der Waals surface area contributed by atoms with E-state index in [4.69, 9.17) is 11.6 Å². The molecule has 0 saturated carbocycles. The average Bonchev–Trinajstić information content (AvgIpc) is 3.31. The Kier molecular flexibility index (Phi) is 6.04. The molecule has 1 aliphatic rings. The molecule has 0 radical (unpaired) electrons. The van der Waals surface area contributed by atoms with Gasteiger partial charge in [0.05, 0.1) is 5.56 Å². The second kappa shape index (κ2) is 8.32. The van der Waals surface area contributed by atoms with Crippen molar-refractivity contribution in [1.29, 1.82) is 0 Å². The lowest BCUT2D eigenvalue weighted by Crippen LogP contribution is -2.42. The molecule has 2 aromatic rings. The topological polar surface area (TPSA) is 62.3 Å². The van der Waals surface area contributed by atoms with Crippen LogP contribution < -0.4 is 5.32 Å². The summed E-state index contributed by atoms with van der Waals surface area (Å²) >= 11 is 7.20. The zero-order valence-corrected chi connectivity index (χ0v) is 15.9. The van der Waals surface area contributed by atoms with Crippen LogP contribution in [0.2, 0.25) is 5.02 Å². The van der Waals surface area contributed by atoms with Crippen molar-refractivity contribution in [3.8, 4) is 0 Å². The summed E-state index contributed by atoms with van der Waals surface area (Å²) in [6.45, 7) is 0.384. The van der Waals surface area contributed by atoms with Crippen molar-refractivity contribution in [2.24, 2.45) is 0 Å². The van der Waals surface area contributed by atoms with E-state index in [1.807, 2.05) is 0 Å². The lowest BCUT2D eigenvalue weighted by Gasteiger charge is -2.22. The molecule has 2 heterocycles. The van der Waals surface area contributed by atoms with Gasteiger partial charge in [0.25, 0.3) is 0 Å². The Bertz CT molecular complexity index is 900. The molecule has 1 fully saturated rings. The molecule has 5 nitrogen and oxygen atoms in total. The third-order valence-corrected chi connectivity index (χ3v) is 5.26. The summed E-state index contributed by atoms with van der Waals surface area (Å²) in [5, 5.41) is 4.91. The fourth-order valence-electron chi connectivity index (χ4n) is 2.88. The van der Waals surface area contributed by atoms with Gasteiger partial charge in [-0.15, -0.1) is 11.3 Å². The summed E-state index contributed by atoms with van der Waals surface area (Å²) in [4.78, 5) is 30.3. The first-order chi connectivity index (χ1) is 13.3. The van der Waals surface area contributed by atoms with Crippen LogP contribution in [-0.4, -0.2) is 34.3 Å². The van der Waals surface area contributed by atoms with Crippen molar-refractivity contribution < 1.29 is 22.8 Å². The number of benzene rings is 1. The number of amides is 2. The van der Waals surface area contributed by atoms with Crippen LogP contribution in [0.1, 0.15) is 24.0 Å². The van der Waals surface area contributed by atoms with E-state index in [0.29, 0.717) is 24.5 Å². The molecule has 1 aliphatic heterocycles. The molecule has 3 rings (SSSR count). The Morgan fingerprint density at radius 1 is 1.36 bits per heavy atom. The normalized spacial score (nSPS) is 17.3. The van der Waals surface area contributed by atoms with Gasteiger partial charge in [-0.1, -0.05) is 11.6 Å². The number of nitrogens with one attached hydrogen (secondary N) is 1. The molecule has 148 valence electrons. The number of hydrogen-bond donors (Lipinski definition) is 1. The summed E-state index contributed by atoms with van der Waals surface area (Å²) in [7, 11) is 0. The molecule has 1 aromatic carbocycles. The number of thiazole rings is 1. The van der Waals surface area contributed by atoms with Gasteiger partial charge in [0, 0.05) is 29.2 Å². The van der Waals surface area contributed by atoms with Crippen LogP contribution in [0, 0.1) is 0 Å².